The predicted octanol–water partition coefficient (Wildman–Crippen LogP) is 2.59. The highest BCUT2D eigenvalue weighted by Gasteiger charge is 2.25. The number of imidazole rings is 1. The average Bonchev–Trinajstić information content (AvgIpc) is 2.58. The van der Waals surface area contributed by atoms with Crippen LogP contribution in [-0.2, 0) is 12.1 Å². The highest BCUT2D eigenvalue weighted by atomic mass is 15.2. The van der Waals surface area contributed by atoms with Gasteiger partial charge in [0.25, 0.3) is 0 Å². The maximum Gasteiger partial charge on any atom is 0.244 e. The summed E-state index contributed by atoms with van der Waals surface area (Å²) in [5, 5.41) is 0. The molecule has 3 nitrogen and oxygen atoms in total. The summed E-state index contributed by atoms with van der Waals surface area (Å²) >= 11 is 0. The van der Waals surface area contributed by atoms with Crippen LogP contribution in [0.1, 0.15) is 37.9 Å². The SMILES string of the molecule is Cc1c(C)[n+](Cc2ccccn2)cn1C(C)(C)C. The molecule has 0 radical (unpaired) electrons. The molecular formula is C15H22N3+. The summed E-state index contributed by atoms with van der Waals surface area (Å²) in [6, 6.07) is 6.05. The molecule has 0 saturated carbocycles. The minimum absolute atomic E-state index is 0.115. The zero-order chi connectivity index (χ0) is 13.3. The van der Waals surface area contributed by atoms with Crippen molar-refractivity contribution in [3.8, 4) is 0 Å². The Bertz CT molecular complexity index is 533. The van der Waals surface area contributed by atoms with Crippen LogP contribution in [0.3, 0.4) is 0 Å². The van der Waals surface area contributed by atoms with E-state index in [0.29, 0.717) is 0 Å². The van der Waals surface area contributed by atoms with Crippen molar-refractivity contribution in [2.45, 2.75) is 46.7 Å². The molecule has 0 bridgehead atoms. The van der Waals surface area contributed by atoms with Gasteiger partial charge in [-0.2, -0.15) is 0 Å². The summed E-state index contributed by atoms with van der Waals surface area (Å²) in [5.74, 6) is 0. The number of aromatic nitrogens is 3. The topological polar surface area (TPSA) is 21.7 Å². The molecule has 96 valence electrons. The highest BCUT2D eigenvalue weighted by molar-refractivity contribution is 5.07. The van der Waals surface area contributed by atoms with E-state index in [1.165, 1.54) is 11.4 Å². The van der Waals surface area contributed by atoms with Gasteiger partial charge in [0.15, 0.2) is 0 Å². The summed E-state index contributed by atoms with van der Waals surface area (Å²) in [6.07, 6.45) is 4.04. The molecule has 0 fully saturated rings. The monoisotopic (exact) mass is 244 g/mol. The number of pyridine rings is 1. The minimum atomic E-state index is 0.115. The van der Waals surface area contributed by atoms with Crippen molar-refractivity contribution in [1.82, 2.24) is 9.55 Å². The largest absolute Gasteiger partial charge is 0.257 e. The van der Waals surface area contributed by atoms with E-state index in [4.69, 9.17) is 0 Å². The Balaban J connectivity index is 2.36. The Labute approximate surface area is 109 Å². The molecule has 18 heavy (non-hydrogen) atoms. The van der Waals surface area contributed by atoms with Crippen LogP contribution in [0.25, 0.3) is 0 Å². The van der Waals surface area contributed by atoms with Crippen LogP contribution in [-0.4, -0.2) is 9.55 Å². The van der Waals surface area contributed by atoms with Crippen LogP contribution in [0, 0.1) is 13.8 Å². The van der Waals surface area contributed by atoms with E-state index < -0.39 is 0 Å². The number of nitrogens with zero attached hydrogens (tertiary/aromatic N) is 3. The van der Waals surface area contributed by atoms with E-state index in [-0.39, 0.29) is 5.54 Å². The lowest BCUT2D eigenvalue weighted by atomic mass is 10.1. The number of hydrogen-bond donors (Lipinski definition) is 0. The van der Waals surface area contributed by atoms with Gasteiger partial charge in [-0.05, 0) is 32.9 Å². The van der Waals surface area contributed by atoms with Crippen LogP contribution in [0.2, 0.25) is 0 Å². The van der Waals surface area contributed by atoms with Gasteiger partial charge in [-0.3, -0.25) is 4.98 Å². The third-order valence-corrected chi connectivity index (χ3v) is 3.35. The fraction of sp³-hybridized carbons (Fsp3) is 0.467. The summed E-state index contributed by atoms with van der Waals surface area (Å²) in [6.45, 7) is 11.9. The van der Waals surface area contributed by atoms with Gasteiger partial charge in [-0.1, -0.05) is 6.07 Å². The molecule has 3 heteroatoms. The molecule has 0 saturated heterocycles. The fourth-order valence-electron chi connectivity index (χ4n) is 2.20. The van der Waals surface area contributed by atoms with Crippen LogP contribution in [0.5, 0.6) is 0 Å². The lowest BCUT2D eigenvalue weighted by molar-refractivity contribution is -0.694. The first-order valence-electron chi connectivity index (χ1n) is 6.38. The van der Waals surface area contributed by atoms with Crippen molar-refractivity contribution in [2.75, 3.05) is 0 Å². The Hall–Kier alpha value is -1.64. The third kappa shape index (κ3) is 2.45. The Morgan fingerprint density at radius 1 is 1.22 bits per heavy atom. The molecule has 0 unspecified atom stereocenters. The quantitative estimate of drug-likeness (QED) is 0.744. The maximum absolute atomic E-state index is 4.39. The normalized spacial score (nSPS) is 11.8. The van der Waals surface area contributed by atoms with Crippen LogP contribution in [0.15, 0.2) is 30.7 Å². The van der Waals surface area contributed by atoms with E-state index in [1.807, 2.05) is 18.3 Å². The minimum Gasteiger partial charge on any atom is -0.257 e. The van der Waals surface area contributed by atoms with E-state index >= 15 is 0 Å². The second-order valence-corrected chi connectivity index (χ2v) is 5.78. The van der Waals surface area contributed by atoms with Crippen molar-refractivity contribution in [1.29, 1.82) is 0 Å². The van der Waals surface area contributed by atoms with Crippen molar-refractivity contribution in [3.05, 3.63) is 47.8 Å². The van der Waals surface area contributed by atoms with Gasteiger partial charge in [0, 0.05) is 20.0 Å². The fourth-order valence-corrected chi connectivity index (χ4v) is 2.20. The lowest BCUT2D eigenvalue weighted by Gasteiger charge is -2.15. The Kier molecular flexibility index (Phi) is 3.24. The Morgan fingerprint density at radius 2 is 1.94 bits per heavy atom. The third-order valence-electron chi connectivity index (χ3n) is 3.35. The average molecular weight is 244 g/mol. The summed E-state index contributed by atoms with van der Waals surface area (Å²) < 4.78 is 4.59. The molecule has 2 aromatic rings. The molecule has 2 heterocycles. The summed E-state index contributed by atoms with van der Waals surface area (Å²) in [4.78, 5) is 4.39. The number of hydrogen-bond acceptors (Lipinski definition) is 1. The Morgan fingerprint density at radius 3 is 2.44 bits per heavy atom. The summed E-state index contributed by atoms with van der Waals surface area (Å²) in [5.41, 5.74) is 3.83. The smallest absolute Gasteiger partial charge is 0.244 e. The molecule has 0 spiro atoms. The zero-order valence-corrected chi connectivity index (χ0v) is 11.9. The van der Waals surface area contributed by atoms with Gasteiger partial charge in [0.2, 0.25) is 6.33 Å². The van der Waals surface area contributed by atoms with Gasteiger partial charge >= 0.3 is 0 Å². The van der Waals surface area contributed by atoms with Crippen LogP contribution in [0.4, 0.5) is 0 Å². The van der Waals surface area contributed by atoms with Gasteiger partial charge < -0.3 is 0 Å². The van der Waals surface area contributed by atoms with Crippen LogP contribution >= 0.6 is 0 Å². The molecule has 0 N–H and O–H groups in total. The highest BCUT2D eigenvalue weighted by Crippen LogP contribution is 2.17. The molecule has 0 atom stereocenters. The van der Waals surface area contributed by atoms with E-state index in [1.54, 1.807) is 0 Å². The van der Waals surface area contributed by atoms with E-state index in [9.17, 15) is 0 Å². The summed E-state index contributed by atoms with van der Waals surface area (Å²) in [7, 11) is 0. The molecule has 0 aromatic carbocycles. The first kappa shape index (κ1) is 12.8. The zero-order valence-electron chi connectivity index (χ0n) is 11.9. The predicted molar refractivity (Wildman–Crippen MR) is 72.4 cm³/mol. The van der Waals surface area contributed by atoms with Crippen molar-refractivity contribution >= 4 is 0 Å². The molecule has 2 aromatic heterocycles. The molecule has 0 amide bonds. The van der Waals surface area contributed by atoms with Gasteiger partial charge in [-0.15, -0.1) is 0 Å². The van der Waals surface area contributed by atoms with Crippen molar-refractivity contribution in [2.24, 2.45) is 0 Å². The van der Waals surface area contributed by atoms with Crippen molar-refractivity contribution < 1.29 is 4.57 Å². The standard InChI is InChI=1S/C15H22N3/c1-12-13(2)18(15(3,4)5)11-17(12)10-14-8-6-7-9-16-14/h6-9,11H,10H2,1-5H3/q+1. The van der Waals surface area contributed by atoms with E-state index in [2.05, 4.69) is 61.1 Å². The second kappa shape index (κ2) is 4.56. The van der Waals surface area contributed by atoms with E-state index in [0.717, 1.165) is 12.2 Å². The van der Waals surface area contributed by atoms with Gasteiger partial charge in [0.05, 0.1) is 5.69 Å². The van der Waals surface area contributed by atoms with Crippen molar-refractivity contribution in [3.63, 3.8) is 0 Å². The van der Waals surface area contributed by atoms with Gasteiger partial charge in [0.1, 0.15) is 23.5 Å². The lowest BCUT2D eigenvalue weighted by Crippen LogP contribution is -2.36. The maximum atomic E-state index is 4.39. The molecular weight excluding hydrogens is 222 g/mol. The molecule has 0 aliphatic heterocycles. The van der Waals surface area contributed by atoms with Gasteiger partial charge in [-0.25, -0.2) is 9.13 Å². The molecule has 0 aliphatic rings. The number of rotatable bonds is 2. The first-order valence-corrected chi connectivity index (χ1v) is 6.38. The van der Waals surface area contributed by atoms with Crippen LogP contribution < -0.4 is 4.57 Å². The molecule has 0 aliphatic carbocycles. The second-order valence-electron chi connectivity index (χ2n) is 5.78. The molecule has 2 rings (SSSR count). The first-order chi connectivity index (χ1) is 8.39.